The van der Waals surface area contributed by atoms with Crippen molar-refractivity contribution in [1.82, 2.24) is 15.1 Å². The van der Waals surface area contributed by atoms with Gasteiger partial charge in [0.25, 0.3) is 0 Å². The number of halogens is 1. The standard InChI is InChI=1S/C19H24FN3O2/c1-14-5-6-18(25-14)7-8-19(24)21-11-9-16-10-12-23(22-16)17-4-2-3-15(20)13-17/h2-4,10,12-14,18H,5-9,11H2,1H3,(H,21,24)/t14-,18-/m1/s1. The van der Waals surface area contributed by atoms with Gasteiger partial charge in [-0.2, -0.15) is 5.10 Å². The summed E-state index contributed by atoms with van der Waals surface area (Å²) in [6.45, 7) is 2.62. The first kappa shape index (κ1) is 17.6. The molecule has 2 atom stereocenters. The number of carbonyl (C=O) groups is 1. The van der Waals surface area contributed by atoms with E-state index in [-0.39, 0.29) is 17.8 Å². The van der Waals surface area contributed by atoms with Crippen molar-refractivity contribution in [2.75, 3.05) is 6.54 Å². The summed E-state index contributed by atoms with van der Waals surface area (Å²) in [5.74, 6) is -0.241. The molecule has 25 heavy (non-hydrogen) atoms. The molecular formula is C19H24FN3O2. The molecule has 1 aliphatic rings. The minimum atomic E-state index is -0.289. The lowest BCUT2D eigenvalue weighted by atomic mass is 10.1. The number of aromatic nitrogens is 2. The molecule has 2 aromatic rings. The first-order valence-corrected chi connectivity index (χ1v) is 8.83. The molecule has 1 aromatic carbocycles. The SMILES string of the molecule is C[C@@H]1CC[C@H](CCC(=O)NCCc2ccn(-c3cccc(F)c3)n2)O1. The summed E-state index contributed by atoms with van der Waals surface area (Å²) in [6, 6.07) is 8.17. The van der Waals surface area contributed by atoms with Gasteiger partial charge >= 0.3 is 0 Å². The lowest BCUT2D eigenvalue weighted by Crippen LogP contribution is -2.26. The van der Waals surface area contributed by atoms with Gasteiger partial charge in [-0.25, -0.2) is 9.07 Å². The van der Waals surface area contributed by atoms with E-state index in [0.29, 0.717) is 31.2 Å². The van der Waals surface area contributed by atoms with Crippen molar-refractivity contribution >= 4 is 5.91 Å². The Labute approximate surface area is 147 Å². The van der Waals surface area contributed by atoms with Crippen LogP contribution in [-0.4, -0.2) is 34.4 Å². The van der Waals surface area contributed by atoms with Gasteiger partial charge in [-0.1, -0.05) is 6.07 Å². The van der Waals surface area contributed by atoms with Gasteiger partial charge in [-0.3, -0.25) is 4.79 Å². The fraction of sp³-hybridized carbons (Fsp3) is 0.474. The average molecular weight is 345 g/mol. The summed E-state index contributed by atoms with van der Waals surface area (Å²) < 4.78 is 20.6. The number of nitrogens with one attached hydrogen (secondary N) is 1. The molecule has 3 rings (SSSR count). The molecule has 6 heteroatoms. The second-order valence-corrected chi connectivity index (χ2v) is 6.52. The van der Waals surface area contributed by atoms with Gasteiger partial charge in [0.2, 0.25) is 5.91 Å². The zero-order valence-corrected chi connectivity index (χ0v) is 14.5. The average Bonchev–Trinajstić information content (AvgIpc) is 3.22. The Morgan fingerprint density at radius 1 is 1.40 bits per heavy atom. The van der Waals surface area contributed by atoms with Crippen LogP contribution in [0, 0.1) is 5.82 Å². The third-order valence-corrected chi connectivity index (χ3v) is 4.43. The number of hydrogen-bond donors (Lipinski definition) is 1. The van der Waals surface area contributed by atoms with E-state index >= 15 is 0 Å². The van der Waals surface area contributed by atoms with Gasteiger partial charge in [-0.15, -0.1) is 0 Å². The molecule has 1 aliphatic heterocycles. The highest BCUT2D eigenvalue weighted by Gasteiger charge is 2.22. The Morgan fingerprint density at radius 2 is 2.28 bits per heavy atom. The first-order chi connectivity index (χ1) is 12.1. The second-order valence-electron chi connectivity index (χ2n) is 6.52. The molecule has 0 radical (unpaired) electrons. The zero-order valence-electron chi connectivity index (χ0n) is 14.5. The maximum atomic E-state index is 13.3. The minimum Gasteiger partial charge on any atom is -0.375 e. The Kier molecular flexibility index (Phi) is 5.81. The highest BCUT2D eigenvalue weighted by atomic mass is 19.1. The van der Waals surface area contributed by atoms with Crippen molar-refractivity contribution < 1.29 is 13.9 Å². The number of ether oxygens (including phenoxy) is 1. The first-order valence-electron chi connectivity index (χ1n) is 8.83. The topological polar surface area (TPSA) is 56.2 Å². The fourth-order valence-electron chi connectivity index (χ4n) is 3.07. The molecule has 0 saturated carbocycles. The summed E-state index contributed by atoms with van der Waals surface area (Å²) in [5, 5.41) is 7.34. The van der Waals surface area contributed by atoms with Crippen LogP contribution in [0.25, 0.3) is 5.69 Å². The molecule has 1 aromatic heterocycles. The van der Waals surface area contributed by atoms with Gasteiger partial charge in [0.05, 0.1) is 23.6 Å². The van der Waals surface area contributed by atoms with Gasteiger partial charge in [0, 0.05) is 25.6 Å². The van der Waals surface area contributed by atoms with Crippen LogP contribution in [0.3, 0.4) is 0 Å². The predicted molar refractivity (Wildman–Crippen MR) is 93.0 cm³/mol. The van der Waals surface area contributed by atoms with Crippen LogP contribution in [-0.2, 0) is 16.0 Å². The molecule has 0 unspecified atom stereocenters. The minimum absolute atomic E-state index is 0.0488. The number of benzene rings is 1. The van der Waals surface area contributed by atoms with Crippen molar-refractivity contribution in [3.8, 4) is 5.69 Å². The molecule has 134 valence electrons. The van der Waals surface area contributed by atoms with E-state index in [9.17, 15) is 9.18 Å². The second kappa shape index (κ2) is 8.25. The van der Waals surface area contributed by atoms with Crippen LogP contribution >= 0.6 is 0 Å². The smallest absolute Gasteiger partial charge is 0.220 e. The number of nitrogens with zero attached hydrogens (tertiary/aromatic N) is 2. The van der Waals surface area contributed by atoms with Crippen LogP contribution in [0.5, 0.6) is 0 Å². The van der Waals surface area contributed by atoms with Gasteiger partial charge in [0.1, 0.15) is 5.82 Å². The van der Waals surface area contributed by atoms with E-state index < -0.39 is 0 Å². The van der Waals surface area contributed by atoms with E-state index in [2.05, 4.69) is 17.3 Å². The molecule has 1 fully saturated rings. The van der Waals surface area contributed by atoms with Crippen LogP contribution in [0.15, 0.2) is 36.5 Å². The van der Waals surface area contributed by atoms with Crippen LogP contribution in [0.2, 0.25) is 0 Å². The number of rotatable bonds is 7. The monoisotopic (exact) mass is 345 g/mol. The Bertz CT molecular complexity index is 716. The summed E-state index contributed by atoms with van der Waals surface area (Å²) in [7, 11) is 0. The lowest BCUT2D eigenvalue weighted by molar-refractivity contribution is -0.121. The molecule has 2 heterocycles. The third kappa shape index (κ3) is 5.13. The number of hydrogen-bond acceptors (Lipinski definition) is 3. The highest BCUT2D eigenvalue weighted by Crippen LogP contribution is 2.22. The van der Waals surface area contributed by atoms with Gasteiger partial charge in [-0.05, 0) is 50.5 Å². The Balaban J connectivity index is 1.39. The third-order valence-electron chi connectivity index (χ3n) is 4.43. The predicted octanol–water partition coefficient (Wildman–Crippen LogP) is 3.02. The van der Waals surface area contributed by atoms with Crippen LogP contribution in [0.4, 0.5) is 4.39 Å². The van der Waals surface area contributed by atoms with E-state index in [1.165, 1.54) is 12.1 Å². The summed E-state index contributed by atoms with van der Waals surface area (Å²) in [4.78, 5) is 11.9. The lowest BCUT2D eigenvalue weighted by Gasteiger charge is -2.10. The van der Waals surface area contributed by atoms with Crippen molar-refractivity contribution in [1.29, 1.82) is 0 Å². The van der Waals surface area contributed by atoms with E-state index in [0.717, 1.165) is 25.0 Å². The van der Waals surface area contributed by atoms with E-state index in [1.807, 2.05) is 6.07 Å². The molecule has 0 bridgehead atoms. The number of amides is 1. The van der Waals surface area contributed by atoms with E-state index in [1.54, 1.807) is 23.0 Å². The highest BCUT2D eigenvalue weighted by molar-refractivity contribution is 5.75. The summed E-state index contributed by atoms with van der Waals surface area (Å²) in [6.07, 6.45) is 6.39. The largest absolute Gasteiger partial charge is 0.375 e. The van der Waals surface area contributed by atoms with Crippen LogP contribution < -0.4 is 5.32 Å². The summed E-state index contributed by atoms with van der Waals surface area (Å²) >= 11 is 0. The normalized spacial score (nSPS) is 19.9. The molecule has 1 N–H and O–H groups in total. The zero-order chi connectivity index (χ0) is 17.6. The van der Waals surface area contributed by atoms with Crippen molar-refractivity contribution in [3.63, 3.8) is 0 Å². The van der Waals surface area contributed by atoms with Crippen molar-refractivity contribution in [3.05, 3.63) is 48.0 Å². The molecule has 1 amide bonds. The quantitative estimate of drug-likeness (QED) is 0.839. The maximum absolute atomic E-state index is 13.3. The maximum Gasteiger partial charge on any atom is 0.220 e. The van der Waals surface area contributed by atoms with Gasteiger partial charge in [0.15, 0.2) is 0 Å². The van der Waals surface area contributed by atoms with Gasteiger partial charge < -0.3 is 10.1 Å². The summed E-state index contributed by atoms with van der Waals surface area (Å²) in [5.41, 5.74) is 1.54. The molecule has 0 spiro atoms. The molecule has 1 saturated heterocycles. The van der Waals surface area contributed by atoms with Crippen molar-refractivity contribution in [2.24, 2.45) is 0 Å². The molecule has 5 nitrogen and oxygen atoms in total. The molecular weight excluding hydrogens is 321 g/mol. The molecule has 0 aliphatic carbocycles. The number of carbonyl (C=O) groups excluding carboxylic acids is 1. The van der Waals surface area contributed by atoms with Crippen LogP contribution in [0.1, 0.15) is 38.3 Å². The van der Waals surface area contributed by atoms with Crippen molar-refractivity contribution in [2.45, 2.75) is 51.2 Å². The van der Waals surface area contributed by atoms with E-state index in [4.69, 9.17) is 4.74 Å². The Hall–Kier alpha value is -2.21. The fourth-order valence-corrected chi connectivity index (χ4v) is 3.07. The Morgan fingerprint density at radius 3 is 3.04 bits per heavy atom.